The van der Waals surface area contributed by atoms with E-state index in [0.717, 1.165) is 12.8 Å². The van der Waals surface area contributed by atoms with Crippen LogP contribution in [0.5, 0.6) is 0 Å². The van der Waals surface area contributed by atoms with Crippen molar-refractivity contribution in [1.29, 1.82) is 0 Å². The normalized spacial score (nSPS) is 14.2. The molecule has 0 heterocycles. The molecule has 0 spiro atoms. The maximum absolute atomic E-state index is 11.6. The van der Waals surface area contributed by atoms with Crippen molar-refractivity contribution in [2.24, 2.45) is 0 Å². The lowest BCUT2D eigenvalue weighted by atomic mass is 10.2. The van der Waals surface area contributed by atoms with Gasteiger partial charge in [0, 0.05) is 16.6 Å². The third kappa shape index (κ3) is 3.75. The van der Waals surface area contributed by atoms with Crippen molar-refractivity contribution < 1.29 is 9.59 Å². The summed E-state index contributed by atoms with van der Waals surface area (Å²) in [5, 5.41) is 5.93. The molecule has 0 atom stereocenters. The molecule has 1 aliphatic carbocycles. The van der Waals surface area contributed by atoms with Crippen molar-refractivity contribution in [1.82, 2.24) is 10.6 Å². The lowest BCUT2D eigenvalue weighted by molar-refractivity contribution is -0.120. The predicted octanol–water partition coefficient (Wildman–Crippen LogP) is 1.35. The fourth-order valence-electron chi connectivity index (χ4n) is 1.37. The summed E-state index contributed by atoms with van der Waals surface area (Å²) in [6.45, 7) is 0.0119. The fraction of sp³-hybridized carbons (Fsp3) is 0.333. The maximum atomic E-state index is 11.6. The molecule has 1 aromatic rings. The van der Waals surface area contributed by atoms with Crippen molar-refractivity contribution in [2.75, 3.05) is 6.54 Å². The summed E-state index contributed by atoms with van der Waals surface area (Å²) in [6.07, 6.45) is 2.08. The average Bonchev–Trinajstić information content (AvgIpc) is 3.11. The third-order valence-corrected chi connectivity index (χ3v) is 2.71. The maximum Gasteiger partial charge on any atom is 0.251 e. The van der Waals surface area contributed by atoms with Gasteiger partial charge in [-0.15, -0.1) is 0 Å². The standard InChI is InChI=1S/C12H13ClN2O2/c13-9-3-1-8(2-4-9)12(17)14-7-11(16)15-10-5-6-10/h1-4,10H,5-7H2,(H,14,17)(H,15,16). The first kappa shape index (κ1) is 11.9. The van der Waals surface area contributed by atoms with E-state index in [1.807, 2.05) is 0 Å². The van der Waals surface area contributed by atoms with Crippen LogP contribution in [-0.2, 0) is 4.79 Å². The summed E-state index contributed by atoms with van der Waals surface area (Å²) in [6, 6.07) is 6.84. The molecule has 17 heavy (non-hydrogen) atoms. The van der Waals surface area contributed by atoms with Crippen LogP contribution < -0.4 is 10.6 Å². The number of benzene rings is 1. The molecule has 0 unspecified atom stereocenters. The number of hydrogen-bond acceptors (Lipinski definition) is 2. The fourth-order valence-corrected chi connectivity index (χ4v) is 1.50. The molecular formula is C12H13ClN2O2. The molecule has 0 aromatic heterocycles. The molecule has 1 aliphatic rings. The smallest absolute Gasteiger partial charge is 0.251 e. The van der Waals surface area contributed by atoms with E-state index in [4.69, 9.17) is 11.6 Å². The first-order chi connectivity index (χ1) is 8.15. The van der Waals surface area contributed by atoms with E-state index in [2.05, 4.69) is 10.6 Å². The van der Waals surface area contributed by atoms with Gasteiger partial charge in [0.1, 0.15) is 0 Å². The van der Waals surface area contributed by atoms with Gasteiger partial charge in [-0.2, -0.15) is 0 Å². The van der Waals surface area contributed by atoms with Crippen LogP contribution >= 0.6 is 11.6 Å². The Kier molecular flexibility index (Phi) is 3.64. The number of rotatable bonds is 4. The van der Waals surface area contributed by atoms with Gasteiger partial charge in [0.15, 0.2) is 0 Å². The lowest BCUT2D eigenvalue weighted by Gasteiger charge is -2.05. The second-order valence-electron chi connectivity index (χ2n) is 4.03. The highest BCUT2D eigenvalue weighted by Gasteiger charge is 2.23. The Balaban J connectivity index is 1.79. The second kappa shape index (κ2) is 5.19. The largest absolute Gasteiger partial charge is 0.352 e. The van der Waals surface area contributed by atoms with E-state index in [1.54, 1.807) is 24.3 Å². The minimum Gasteiger partial charge on any atom is -0.352 e. The third-order valence-electron chi connectivity index (χ3n) is 2.46. The van der Waals surface area contributed by atoms with Crippen molar-refractivity contribution in [2.45, 2.75) is 18.9 Å². The van der Waals surface area contributed by atoms with Gasteiger partial charge in [0.05, 0.1) is 6.54 Å². The average molecular weight is 253 g/mol. The van der Waals surface area contributed by atoms with Crippen molar-refractivity contribution >= 4 is 23.4 Å². The summed E-state index contributed by atoms with van der Waals surface area (Å²) < 4.78 is 0. The molecule has 0 aliphatic heterocycles. The Labute approximate surface area is 104 Å². The van der Waals surface area contributed by atoms with Crippen LogP contribution in [0.4, 0.5) is 0 Å². The molecular weight excluding hydrogens is 240 g/mol. The minimum atomic E-state index is -0.271. The number of carbonyl (C=O) groups excluding carboxylic acids is 2. The van der Waals surface area contributed by atoms with Gasteiger partial charge in [-0.3, -0.25) is 9.59 Å². The molecule has 1 fully saturated rings. The molecule has 1 aromatic carbocycles. The van der Waals surface area contributed by atoms with Crippen LogP contribution in [0.2, 0.25) is 5.02 Å². The number of halogens is 1. The second-order valence-corrected chi connectivity index (χ2v) is 4.47. The van der Waals surface area contributed by atoms with E-state index in [-0.39, 0.29) is 18.4 Å². The summed E-state index contributed by atoms with van der Waals surface area (Å²) in [4.78, 5) is 23.0. The molecule has 2 amide bonds. The van der Waals surface area contributed by atoms with Gasteiger partial charge in [-0.1, -0.05) is 11.6 Å². The molecule has 0 radical (unpaired) electrons. The van der Waals surface area contributed by atoms with Crippen molar-refractivity contribution in [3.63, 3.8) is 0 Å². The highest BCUT2D eigenvalue weighted by molar-refractivity contribution is 6.30. The molecule has 4 nitrogen and oxygen atoms in total. The first-order valence-corrected chi connectivity index (χ1v) is 5.86. The molecule has 0 bridgehead atoms. The van der Waals surface area contributed by atoms with E-state index in [9.17, 15) is 9.59 Å². The van der Waals surface area contributed by atoms with E-state index < -0.39 is 0 Å². The summed E-state index contributed by atoms with van der Waals surface area (Å²) in [7, 11) is 0. The van der Waals surface area contributed by atoms with E-state index >= 15 is 0 Å². The zero-order chi connectivity index (χ0) is 12.3. The van der Waals surface area contributed by atoms with Crippen LogP contribution in [0.1, 0.15) is 23.2 Å². The van der Waals surface area contributed by atoms with Crippen LogP contribution in [0.15, 0.2) is 24.3 Å². The summed E-state index contributed by atoms with van der Waals surface area (Å²) >= 11 is 5.71. The Bertz CT molecular complexity index is 427. The summed E-state index contributed by atoms with van der Waals surface area (Å²) in [5.74, 6) is -0.414. The number of amides is 2. The molecule has 0 saturated heterocycles. The van der Waals surface area contributed by atoms with Crippen molar-refractivity contribution in [3.8, 4) is 0 Å². The lowest BCUT2D eigenvalue weighted by Crippen LogP contribution is -2.37. The van der Waals surface area contributed by atoms with Gasteiger partial charge >= 0.3 is 0 Å². The molecule has 2 N–H and O–H groups in total. The minimum absolute atomic E-state index is 0.0119. The highest BCUT2D eigenvalue weighted by atomic mass is 35.5. The van der Waals surface area contributed by atoms with Crippen molar-refractivity contribution in [3.05, 3.63) is 34.9 Å². The SMILES string of the molecule is O=C(CNC(=O)c1ccc(Cl)cc1)NC1CC1. The van der Waals surface area contributed by atoms with Gasteiger partial charge in [-0.05, 0) is 37.1 Å². The number of nitrogens with one attached hydrogen (secondary N) is 2. The van der Waals surface area contributed by atoms with Gasteiger partial charge in [-0.25, -0.2) is 0 Å². The van der Waals surface area contributed by atoms with E-state index in [1.165, 1.54) is 0 Å². The Morgan fingerprint density at radius 2 is 1.88 bits per heavy atom. The zero-order valence-corrected chi connectivity index (χ0v) is 9.96. The number of hydrogen-bond donors (Lipinski definition) is 2. The summed E-state index contributed by atoms with van der Waals surface area (Å²) in [5.41, 5.74) is 0.494. The van der Waals surface area contributed by atoms with Crippen LogP contribution in [0.3, 0.4) is 0 Å². The topological polar surface area (TPSA) is 58.2 Å². The quantitative estimate of drug-likeness (QED) is 0.850. The molecule has 90 valence electrons. The van der Waals surface area contributed by atoms with E-state index in [0.29, 0.717) is 16.6 Å². The first-order valence-electron chi connectivity index (χ1n) is 5.48. The zero-order valence-electron chi connectivity index (χ0n) is 9.20. The van der Waals surface area contributed by atoms with Gasteiger partial charge in [0.2, 0.25) is 5.91 Å². The van der Waals surface area contributed by atoms with Crippen LogP contribution in [0.25, 0.3) is 0 Å². The Morgan fingerprint density at radius 1 is 1.24 bits per heavy atom. The van der Waals surface area contributed by atoms with Crippen LogP contribution in [-0.4, -0.2) is 24.4 Å². The monoisotopic (exact) mass is 252 g/mol. The van der Waals surface area contributed by atoms with Crippen LogP contribution in [0, 0.1) is 0 Å². The van der Waals surface area contributed by atoms with Gasteiger partial charge in [0.25, 0.3) is 5.91 Å². The molecule has 1 saturated carbocycles. The Morgan fingerprint density at radius 3 is 2.47 bits per heavy atom. The highest BCUT2D eigenvalue weighted by Crippen LogP contribution is 2.18. The number of carbonyl (C=O) groups is 2. The van der Waals surface area contributed by atoms with Gasteiger partial charge < -0.3 is 10.6 Å². The molecule has 5 heteroatoms. The predicted molar refractivity (Wildman–Crippen MR) is 64.9 cm³/mol. The molecule has 2 rings (SSSR count). The Hall–Kier alpha value is -1.55.